The summed E-state index contributed by atoms with van der Waals surface area (Å²) in [6, 6.07) is 4.02. The summed E-state index contributed by atoms with van der Waals surface area (Å²) in [6.07, 6.45) is 5.66. The van der Waals surface area contributed by atoms with E-state index in [-0.39, 0.29) is 0 Å². The Bertz CT molecular complexity index is 512. The summed E-state index contributed by atoms with van der Waals surface area (Å²) in [5, 5.41) is 1.11. The number of hydrogen-bond donors (Lipinski definition) is 0. The van der Waals surface area contributed by atoms with E-state index in [2.05, 4.69) is 32.9 Å². The number of anilines is 1. The zero-order valence-corrected chi connectivity index (χ0v) is 10.0. The summed E-state index contributed by atoms with van der Waals surface area (Å²) in [5.41, 5.74) is 2.23. The van der Waals surface area contributed by atoms with Crippen LogP contribution in [0.1, 0.15) is 0 Å². The molecular weight excluding hydrogens is 212 g/mol. The topological polar surface area (TPSA) is 32.3 Å². The van der Waals surface area contributed by atoms with Gasteiger partial charge in [0.15, 0.2) is 0 Å². The van der Waals surface area contributed by atoms with Gasteiger partial charge in [-0.25, -0.2) is 0 Å². The summed E-state index contributed by atoms with van der Waals surface area (Å²) in [7, 11) is 2.16. The first kappa shape index (κ1) is 10.5. The Morgan fingerprint density at radius 3 is 2.76 bits per heavy atom. The van der Waals surface area contributed by atoms with Gasteiger partial charge in [0.25, 0.3) is 0 Å². The Kier molecular flexibility index (Phi) is 2.65. The molecule has 4 heteroatoms. The lowest BCUT2D eigenvalue weighted by molar-refractivity contribution is 0.313. The minimum atomic E-state index is 1.05. The van der Waals surface area contributed by atoms with Crippen LogP contribution in [-0.2, 0) is 0 Å². The van der Waals surface area contributed by atoms with Crippen molar-refractivity contribution >= 4 is 16.6 Å². The molecule has 88 valence electrons. The van der Waals surface area contributed by atoms with Crippen molar-refractivity contribution in [3.05, 3.63) is 30.7 Å². The van der Waals surface area contributed by atoms with Crippen molar-refractivity contribution < 1.29 is 0 Å². The predicted octanol–water partition coefficient (Wildman–Crippen LogP) is 1.38. The number of aromatic nitrogens is 2. The van der Waals surface area contributed by atoms with Gasteiger partial charge in [0.2, 0.25) is 0 Å². The summed E-state index contributed by atoms with van der Waals surface area (Å²) >= 11 is 0. The van der Waals surface area contributed by atoms with E-state index < -0.39 is 0 Å². The van der Waals surface area contributed by atoms with Crippen molar-refractivity contribution in [3.63, 3.8) is 0 Å². The lowest BCUT2D eigenvalue weighted by Crippen LogP contribution is -2.44. The molecule has 1 saturated heterocycles. The van der Waals surface area contributed by atoms with Crippen LogP contribution in [0, 0.1) is 0 Å². The van der Waals surface area contributed by atoms with Crippen LogP contribution in [0.3, 0.4) is 0 Å². The quantitative estimate of drug-likeness (QED) is 0.738. The molecule has 0 unspecified atom stereocenters. The second-order valence-electron chi connectivity index (χ2n) is 4.52. The maximum Gasteiger partial charge on any atom is 0.0966 e. The van der Waals surface area contributed by atoms with E-state index in [0.717, 1.165) is 42.8 Å². The Hall–Kier alpha value is -1.68. The highest BCUT2D eigenvalue weighted by atomic mass is 15.3. The second kappa shape index (κ2) is 4.30. The van der Waals surface area contributed by atoms with E-state index in [1.165, 1.54) is 0 Å². The molecular formula is C13H16N4. The van der Waals surface area contributed by atoms with Crippen LogP contribution in [0.25, 0.3) is 10.9 Å². The Morgan fingerprint density at radius 1 is 1.12 bits per heavy atom. The lowest BCUT2D eigenvalue weighted by Gasteiger charge is -2.34. The molecule has 2 aromatic rings. The summed E-state index contributed by atoms with van der Waals surface area (Å²) < 4.78 is 0. The van der Waals surface area contributed by atoms with Gasteiger partial charge in [-0.05, 0) is 19.2 Å². The average molecular weight is 228 g/mol. The molecule has 0 bridgehead atoms. The lowest BCUT2D eigenvalue weighted by atomic mass is 10.2. The maximum absolute atomic E-state index is 4.48. The van der Waals surface area contributed by atoms with Crippen molar-refractivity contribution in [1.29, 1.82) is 0 Å². The van der Waals surface area contributed by atoms with Crippen LogP contribution in [0.4, 0.5) is 5.69 Å². The highest BCUT2D eigenvalue weighted by molar-refractivity contribution is 5.89. The van der Waals surface area contributed by atoms with E-state index >= 15 is 0 Å². The summed E-state index contributed by atoms with van der Waals surface area (Å²) in [5.74, 6) is 0. The molecule has 0 spiro atoms. The van der Waals surface area contributed by atoms with Crippen LogP contribution in [-0.4, -0.2) is 48.1 Å². The predicted molar refractivity (Wildman–Crippen MR) is 69.2 cm³/mol. The molecule has 0 N–H and O–H groups in total. The van der Waals surface area contributed by atoms with Gasteiger partial charge in [-0.2, -0.15) is 0 Å². The van der Waals surface area contributed by atoms with Crippen molar-refractivity contribution in [2.75, 3.05) is 38.1 Å². The molecule has 1 aliphatic rings. The monoisotopic (exact) mass is 228 g/mol. The number of nitrogens with zero attached hydrogens (tertiary/aromatic N) is 4. The van der Waals surface area contributed by atoms with Gasteiger partial charge in [-0.15, -0.1) is 0 Å². The third-order valence-corrected chi connectivity index (χ3v) is 3.34. The Labute approximate surface area is 101 Å². The number of likely N-dealkylation sites (N-methyl/N-ethyl adjacent to an activating group) is 1. The van der Waals surface area contributed by atoms with Gasteiger partial charge < -0.3 is 9.80 Å². The third-order valence-electron chi connectivity index (χ3n) is 3.34. The zero-order chi connectivity index (χ0) is 11.7. The second-order valence-corrected chi connectivity index (χ2v) is 4.52. The molecule has 0 saturated carbocycles. The molecule has 0 amide bonds. The summed E-state index contributed by atoms with van der Waals surface area (Å²) in [6.45, 7) is 4.30. The summed E-state index contributed by atoms with van der Waals surface area (Å²) in [4.78, 5) is 13.5. The molecule has 1 aliphatic heterocycles. The minimum Gasteiger partial charge on any atom is -0.366 e. The van der Waals surface area contributed by atoms with Gasteiger partial charge in [0.1, 0.15) is 0 Å². The zero-order valence-electron chi connectivity index (χ0n) is 10.0. The molecule has 17 heavy (non-hydrogen) atoms. The van der Waals surface area contributed by atoms with Crippen LogP contribution < -0.4 is 4.90 Å². The van der Waals surface area contributed by atoms with E-state index in [1.54, 1.807) is 0 Å². The van der Waals surface area contributed by atoms with Crippen LogP contribution in [0.5, 0.6) is 0 Å². The number of hydrogen-bond acceptors (Lipinski definition) is 4. The maximum atomic E-state index is 4.48. The highest BCUT2D eigenvalue weighted by Gasteiger charge is 2.16. The largest absolute Gasteiger partial charge is 0.366 e. The Balaban J connectivity index is 2.00. The average Bonchev–Trinajstić information content (AvgIpc) is 2.39. The van der Waals surface area contributed by atoms with Crippen molar-refractivity contribution in [2.24, 2.45) is 0 Å². The molecule has 0 aliphatic carbocycles. The number of fused-ring (bicyclic) bond motifs is 1. The fourth-order valence-electron chi connectivity index (χ4n) is 2.26. The van der Waals surface area contributed by atoms with Gasteiger partial charge in [0.05, 0.1) is 17.4 Å². The van der Waals surface area contributed by atoms with E-state index in [9.17, 15) is 0 Å². The van der Waals surface area contributed by atoms with Gasteiger partial charge >= 0.3 is 0 Å². The fraction of sp³-hybridized carbons (Fsp3) is 0.385. The molecule has 0 radical (unpaired) electrons. The van der Waals surface area contributed by atoms with Crippen LogP contribution >= 0.6 is 0 Å². The molecule has 2 aromatic heterocycles. The first-order chi connectivity index (χ1) is 8.34. The molecule has 0 aromatic carbocycles. The van der Waals surface area contributed by atoms with Crippen molar-refractivity contribution in [2.45, 2.75) is 0 Å². The third kappa shape index (κ3) is 1.96. The van der Waals surface area contributed by atoms with E-state index in [4.69, 9.17) is 0 Å². The van der Waals surface area contributed by atoms with Gasteiger partial charge in [-0.3, -0.25) is 9.97 Å². The van der Waals surface area contributed by atoms with Crippen LogP contribution in [0.2, 0.25) is 0 Å². The molecule has 1 fully saturated rings. The number of rotatable bonds is 1. The smallest absolute Gasteiger partial charge is 0.0966 e. The number of piperazine rings is 1. The first-order valence-electron chi connectivity index (χ1n) is 5.97. The minimum absolute atomic E-state index is 1.05. The number of pyridine rings is 2. The van der Waals surface area contributed by atoms with Crippen molar-refractivity contribution in [1.82, 2.24) is 14.9 Å². The normalized spacial score (nSPS) is 17.6. The molecule has 3 heterocycles. The Morgan fingerprint density at radius 2 is 1.94 bits per heavy atom. The van der Waals surface area contributed by atoms with Gasteiger partial charge in [-0.1, -0.05) is 0 Å². The first-order valence-corrected chi connectivity index (χ1v) is 5.97. The SMILES string of the molecule is CN1CCN(c2cncc3cccnc23)CC1. The van der Waals surface area contributed by atoms with Crippen LogP contribution in [0.15, 0.2) is 30.7 Å². The van der Waals surface area contributed by atoms with Crippen molar-refractivity contribution in [3.8, 4) is 0 Å². The standard InChI is InChI=1S/C13H16N4/c1-16-5-7-17(8-6-16)12-10-14-9-11-3-2-4-15-13(11)12/h2-4,9-10H,5-8H2,1H3. The van der Waals surface area contributed by atoms with Gasteiger partial charge in [0, 0.05) is 44.0 Å². The fourth-order valence-corrected chi connectivity index (χ4v) is 2.26. The van der Waals surface area contributed by atoms with E-state index in [0.29, 0.717) is 0 Å². The molecule has 3 rings (SSSR count). The van der Waals surface area contributed by atoms with E-state index in [1.807, 2.05) is 24.7 Å². The molecule has 0 atom stereocenters. The highest BCUT2D eigenvalue weighted by Crippen LogP contribution is 2.23. The molecule has 4 nitrogen and oxygen atoms in total.